The van der Waals surface area contributed by atoms with Gasteiger partial charge >= 0.3 is 0 Å². The third-order valence-electron chi connectivity index (χ3n) is 5.94. The number of carbonyl (C=O) groups is 3. The van der Waals surface area contributed by atoms with Gasteiger partial charge in [-0.1, -0.05) is 106 Å². The molecule has 1 aromatic heterocycles. The Bertz CT molecular complexity index is 1050. The Morgan fingerprint density at radius 2 is 1.50 bits per heavy atom. The van der Waals surface area contributed by atoms with Crippen LogP contribution in [0.1, 0.15) is 102 Å². The molecule has 0 fully saturated rings. The number of allylic oxidation sites excluding steroid dienone is 1. The molecule has 0 spiro atoms. The second-order valence-corrected chi connectivity index (χ2v) is 10.6. The highest BCUT2D eigenvalue weighted by atomic mass is 16.4. The molecule has 2 atom stereocenters. The van der Waals surface area contributed by atoms with E-state index in [-0.39, 0.29) is 17.7 Å². The number of hydrogen-bond acceptors (Lipinski definition) is 4. The van der Waals surface area contributed by atoms with E-state index in [1.54, 1.807) is 19.0 Å². The molecule has 4 N–H and O–H groups in total. The Labute approximate surface area is 256 Å². The standard InChI is InChI=1S/C25H38N4O2.C3H8.C2H4O2.2C2H6/c1-16(2)13-14-29(8)24(31)21(17(3)4)28-23(30)22(26-7)25(5,6)19-15-27-20-12-10-9-11-18(19)20;1-3-2;1-2(3)4;2*1-2/h9-13,15,17,21-22,26-27H,14H2,1-8H3,(H,28,30);3H2,1-2H3;1H3,(H,3,4);2*1-2H3. The lowest BCUT2D eigenvalue weighted by Crippen LogP contribution is -2.59. The van der Waals surface area contributed by atoms with E-state index < -0.39 is 23.5 Å². The van der Waals surface area contributed by atoms with Gasteiger partial charge in [0, 0.05) is 43.0 Å². The number of hydrogen-bond donors (Lipinski definition) is 4. The van der Waals surface area contributed by atoms with Crippen molar-refractivity contribution in [1.82, 2.24) is 20.5 Å². The van der Waals surface area contributed by atoms with Crippen LogP contribution in [-0.4, -0.2) is 65.5 Å². The Kier molecular flexibility index (Phi) is 24.2. The summed E-state index contributed by atoms with van der Waals surface area (Å²) in [6.45, 7) is 25.9. The molecule has 0 aliphatic heterocycles. The van der Waals surface area contributed by atoms with Gasteiger partial charge in [-0.3, -0.25) is 14.4 Å². The van der Waals surface area contributed by atoms with E-state index >= 15 is 0 Å². The van der Waals surface area contributed by atoms with Gasteiger partial charge in [0.05, 0.1) is 6.04 Å². The first-order valence-corrected chi connectivity index (χ1v) is 15.3. The van der Waals surface area contributed by atoms with Gasteiger partial charge in [-0.25, -0.2) is 0 Å². The van der Waals surface area contributed by atoms with Crippen LogP contribution in [0, 0.1) is 5.92 Å². The van der Waals surface area contributed by atoms with E-state index in [9.17, 15) is 9.59 Å². The van der Waals surface area contributed by atoms with Crippen LogP contribution in [0.25, 0.3) is 10.9 Å². The molecule has 2 amide bonds. The minimum absolute atomic E-state index is 0.0284. The maximum Gasteiger partial charge on any atom is 0.300 e. The molecule has 0 saturated heterocycles. The van der Waals surface area contributed by atoms with Crippen LogP contribution in [0.5, 0.6) is 0 Å². The number of para-hydroxylation sites is 1. The van der Waals surface area contributed by atoms with Gasteiger partial charge in [0.1, 0.15) is 6.04 Å². The van der Waals surface area contributed by atoms with Crippen molar-refractivity contribution in [2.75, 3.05) is 20.6 Å². The van der Waals surface area contributed by atoms with Crippen LogP contribution in [0.15, 0.2) is 42.1 Å². The number of aromatic nitrogens is 1. The van der Waals surface area contributed by atoms with Crippen molar-refractivity contribution in [1.29, 1.82) is 0 Å². The number of aromatic amines is 1. The summed E-state index contributed by atoms with van der Waals surface area (Å²) in [5.74, 6) is -1.12. The molecule has 0 aliphatic rings. The summed E-state index contributed by atoms with van der Waals surface area (Å²) in [7, 11) is 3.56. The number of nitrogens with one attached hydrogen (secondary N) is 3. The smallest absolute Gasteiger partial charge is 0.300 e. The summed E-state index contributed by atoms with van der Waals surface area (Å²) in [6.07, 6.45) is 5.23. The zero-order valence-electron chi connectivity index (χ0n) is 29.2. The molecule has 0 bridgehead atoms. The molecular weight excluding hydrogens is 528 g/mol. The number of fused-ring (bicyclic) bond motifs is 1. The number of nitrogens with zero attached hydrogens (tertiary/aromatic N) is 1. The topological polar surface area (TPSA) is 115 Å². The van der Waals surface area contributed by atoms with Crippen molar-refractivity contribution in [3.8, 4) is 0 Å². The van der Waals surface area contributed by atoms with Crippen molar-refractivity contribution in [3.63, 3.8) is 0 Å². The minimum atomic E-state index is -0.833. The molecule has 1 heterocycles. The molecule has 42 heavy (non-hydrogen) atoms. The van der Waals surface area contributed by atoms with Crippen molar-refractivity contribution >= 4 is 28.7 Å². The fraction of sp³-hybridized carbons (Fsp3) is 0.618. The fourth-order valence-corrected chi connectivity index (χ4v) is 3.98. The van der Waals surface area contributed by atoms with Gasteiger partial charge in [0.25, 0.3) is 5.97 Å². The van der Waals surface area contributed by atoms with Crippen molar-refractivity contribution in [2.24, 2.45) is 5.92 Å². The van der Waals surface area contributed by atoms with E-state index in [1.165, 1.54) is 6.42 Å². The number of carboxylic acid groups (broad SMARTS) is 1. The van der Waals surface area contributed by atoms with E-state index in [0.717, 1.165) is 29.0 Å². The van der Waals surface area contributed by atoms with E-state index in [4.69, 9.17) is 9.90 Å². The maximum absolute atomic E-state index is 13.4. The van der Waals surface area contributed by atoms with Crippen LogP contribution in [0.2, 0.25) is 0 Å². The van der Waals surface area contributed by atoms with Gasteiger partial charge in [-0.15, -0.1) is 0 Å². The molecule has 0 aliphatic carbocycles. The SMILES string of the molecule is CC.CC.CC(=O)O.CCC.CNC(C(=O)NC(C(=O)N(C)CC=C(C)C)C(C)C)C(C)(C)c1c[nH]c2ccccc12. The lowest BCUT2D eigenvalue weighted by Gasteiger charge is -2.35. The summed E-state index contributed by atoms with van der Waals surface area (Å²) in [4.78, 5) is 40.4. The number of carbonyl (C=O) groups excluding carboxylic acids is 2. The van der Waals surface area contributed by atoms with E-state index in [2.05, 4.69) is 49.4 Å². The normalized spacial score (nSPS) is 11.4. The highest BCUT2D eigenvalue weighted by molar-refractivity contribution is 5.92. The molecule has 8 nitrogen and oxygen atoms in total. The second kappa shape index (κ2) is 23.4. The quantitative estimate of drug-likeness (QED) is 0.231. The molecule has 2 unspecified atom stereocenters. The minimum Gasteiger partial charge on any atom is -0.481 e. The number of rotatable bonds is 9. The summed E-state index contributed by atoms with van der Waals surface area (Å²) < 4.78 is 0. The van der Waals surface area contributed by atoms with Gasteiger partial charge < -0.3 is 25.6 Å². The van der Waals surface area contributed by atoms with Crippen LogP contribution < -0.4 is 10.6 Å². The summed E-state index contributed by atoms with van der Waals surface area (Å²) in [5, 5.41) is 14.7. The predicted molar refractivity (Wildman–Crippen MR) is 180 cm³/mol. The third kappa shape index (κ3) is 15.2. The van der Waals surface area contributed by atoms with Crippen LogP contribution in [0.3, 0.4) is 0 Å². The molecular formula is C34H62N4O4. The van der Waals surface area contributed by atoms with Crippen LogP contribution >= 0.6 is 0 Å². The third-order valence-corrected chi connectivity index (χ3v) is 5.94. The highest BCUT2D eigenvalue weighted by Gasteiger charge is 2.39. The number of amides is 2. The number of likely N-dealkylation sites (N-methyl/N-ethyl adjacent to an activating group) is 2. The zero-order valence-corrected chi connectivity index (χ0v) is 29.2. The first kappa shape index (κ1) is 43.3. The number of H-pyrrole nitrogens is 1. The lowest BCUT2D eigenvalue weighted by atomic mass is 9.77. The Morgan fingerprint density at radius 1 is 1.02 bits per heavy atom. The van der Waals surface area contributed by atoms with E-state index in [0.29, 0.717) is 6.54 Å². The fourth-order valence-electron chi connectivity index (χ4n) is 3.98. The lowest BCUT2D eigenvalue weighted by molar-refractivity contribution is -0.137. The Hall–Kier alpha value is -3.13. The molecule has 2 aromatic rings. The van der Waals surface area contributed by atoms with Gasteiger partial charge in [-0.2, -0.15) is 0 Å². The molecule has 8 heteroatoms. The van der Waals surface area contributed by atoms with Gasteiger partial charge in [0.15, 0.2) is 0 Å². The monoisotopic (exact) mass is 590 g/mol. The first-order chi connectivity index (χ1) is 19.6. The Balaban J connectivity index is -0.00000120. The summed E-state index contributed by atoms with van der Waals surface area (Å²) in [5.41, 5.74) is 2.75. The average molecular weight is 591 g/mol. The molecule has 1 aromatic carbocycles. The molecule has 242 valence electrons. The van der Waals surface area contributed by atoms with E-state index in [1.807, 2.05) is 85.9 Å². The predicted octanol–water partition coefficient (Wildman–Crippen LogP) is 7.16. The highest BCUT2D eigenvalue weighted by Crippen LogP contribution is 2.33. The van der Waals surface area contributed by atoms with Gasteiger partial charge in [0.2, 0.25) is 11.8 Å². The average Bonchev–Trinajstić information content (AvgIpc) is 3.38. The largest absolute Gasteiger partial charge is 0.481 e. The number of aliphatic carboxylic acids is 1. The zero-order chi connectivity index (χ0) is 33.6. The number of benzene rings is 1. The number of carboxylic acids is 1. The molecule has 0 radical (unpaired) electrons. The Morgan fingerprint density at radius 3 is 1.93 bits per heavy atom. The maximum atomic E-state index is 13.4. The summed E-state index contributed by atoms with van der Waals surface area (Å²) >= 11 is 0. The second-order valence-electron chi connectivity index (χ2n) is 10.6. The first-order valence-electron chi connectivity index (χ1n) is 15.3. The van der Waals surface area contributed by atoms with Gasteiger partial charge in [-0.05, 0) is 38.4 Å². The van der Waals surface area contributed by atoms with Crippen LogP contribution in [-0.2, 0) is 19.8 Å². The van der Waals surface area contributed by atoms with Crippen LogP contribution in [0.4, 0.5) is 0 Å². The molecule has 2 rings (SSSR count). The van der Waals surface area contributed by atoms with Crippen molar-refractivity contribution in [3.05, 3.63) is 47.7 Å². The molecule has 0 saturated carbocycles. The van der Waals surface area contributed by atoms with Crippen molar-refractivity contribution in [2.45, 2.75) is 114 Å². The van der Waals surface area contributed by atoms with Crippen molar-refractivity contribution < 1.29 is 19.5 Å². The summed E-state index contributed by atoms with van der Waals surface area (Å²) in [6, 6.07) is 6.98.